The van der Waals surface area contributed by atoms with Gasteiger partial charge < -0.3 is 20.4 Å². The molecule has 1 heterocycles. The van der Waals surface area contributed by atoms with Gasteiger partial charge in [0.25, 0.3) is 0 Å². The molecule has 1 aromatic carbocycles. The van der Waals surface area contributed by atoms with E-state index in [-0.39, 0.29) is 29.6 Å². The van der Waals surface area contributed by atoms with E-state index < -0.39 is 0 Å². The Morgan fingerprint density at radius 1 is 1.29 bits per heavy atom. The van der Waals surface area contributed by atoms with E-state index in [2.05, 4.69) is 51.9 Å². The number of rotatable bonds is 6. The third kappa shape index (κ3) is 5.37. The molecule has 0 amide bonds. The monoisotopic (exact) mass is 444 g/mol. The second-order valence-electron chi connectivity index (χ2n) is 6.38. The molecule has 0 fully saturated rings. The zero-order valence-corrected chi connectivity index (χ0v) is 17.5. The molecule has 0 aliphatic rings. The Morgan fingerprint density at radius 3 is 2.71 bits per heavy atom. The van der Waals surface area contributed by atoms with E-state index in [0.717, 1.165) is 18.9 Å². The number of aromatic nitrogens is 1. The van der Waals surface area contributed by atoms with E-state index in [9.17, 15) is 0 Å². The first-order valence-electron chi connectivity index (χ1n) is 8.02. The summed E-state index contributed by atoms with van der Waals surface area (Å²) >= 11 is 0. The highest BCUT2D eigenvalue weighted by Gasteiger charge is 2.16. The molecule has 0 saturated carbocycles. The van der Waals surface area contributed by atoms with Crippen molar-refractivity contribution in [2.45, 2.75) is 32.8 Å². The number of nitrogens with zero attached hydrogens (tertiary/aromatic N) is 1. The van der Waals surface area contributed by atoms with Crippen LogP contribution in [0.2, 0.25) is 0 Å². The van der Waals surface area contributed by atoms with Crippen LogP contribution in [0.3, 0.4) is 0 Å². The number of benzene rings is 1. The number of aryl methyl sites for hydroxylation is 1. The standard InChI is InChI=1S/C18H28N4O.HI/c1-13-7-6-8-15-14(11-21-16(13)15)9-10-20-17(19-4)22-12-18(2,3)23-5;/h6-8,11,21H,9-10,12H2,1-5H3,(H2,19,20,22);1H. The fourth-order valence-electron chi connectivity index (χ4n) is 2.48. The molecular weight excluding hydrogens is 415 g/mol. The van der Waals surface area contributed by atoms with E-state index in [0.29, 0.717) is 6.54 Å². The fraction of sp³-hybridized carbons (Fsp3) is 0.500. The number of guanidine groups is 1. The largest absolute Gasteiger partial charge is 0.377 e. The number of hydrogen-bond acceptors (Lipinski definition) is 2. The highest BCUT2D eigenvalue weighted by Crippen LogP contribution is 2.21. The Kier molecular flexibility index (Phi) is 8.02. The third-order valence-electron chi connectivity index (χ3n) is 4.15. The molecule has 0 atom stereocenters. The topological polar surface area (TPSA) is 61.4 Å². The highest BCUT2D eigenvalue weighted by molar-refractivity contribution is 14.0. The predicted molar refractivity (Wildman–Crippen MR) is 113 cm³/mol. The summed E-state index contributed by atoms with van der Waals surface area (Å²) in [5, 5.41) is 7.95. The van der Waals surface area contributed by atoms with Gasteiger partial charge in [0.1, 0.15) is 0 Å². The van der Waals surface area contributed by atoms with Crippen LogP contribution in [-0.2, 0) is 11.2 Å². The quantitative estimate of drug-likeness (QED) is 0.364. The number of halogens is 1. The van der Waals surface area contributed by atoms with E-state index in [1.165, 1.54) is 22.0 Å². The number of aliphatic imine (C=N–C) groups is 1. The van der Waals surface area contributed by atoms with Gasteiger partial charge in [0.2, 0.25) is 0 Å². The van der Waals surface area contributed by atoms with E-state index in [1.54, 1.807) is 14.2 Å². The Morgan fingerprint density at radius 2 is 2.04 bits per heavy atom. The first kappa shape index (κ1) is 20.8. The summed E-state index contributed by atoms with van der Waals surface area (Å²) in [5.74, 6) is 0.797. The van der Waals surface area contributed by atoms with Crippen molar-refractivity contribution < 1.29 is 4.74 Å². The predicted octanol–water partition coefficient (Wildman–Crippen LogP) is 3.23. The van der Waals surface area contributed by atoms with Crippen molar-refractivity contribution >= 4 is 40.8 Å². The van der Waals surface area contributed by atoms with Crippen molar-refractivity contribution in [1.29, 1.82) is 0 Å². The maximum absolute atomic E-state index is 5.41. The minimum absolute atomic E-state index is 0. The smallest absolute Gasteiger partial charge is 0.191 e. The second-order valence-corrected chi connectivity index (χ2v) is 6.38. The van der Waals surface area contributed by atoms with Crippen LogP contribution in [-0.4, -0.2) is 43.8 Å². The Balaban J connectivity index is 0.00000288. The zero-order chi connectivity index (χ0) is 16.9. The Hall–Kier alpha value is -1.28. The molecule has 1 aromatic heterocycles. The van der Waals surface area contributed by atoms with E-state index >= 15 is 0 Å². The Labute approximate surface area is 161 Å². The molecule has 2 aromatic rings. The lowest BCUT2D eigenvalue weighted by atomic mass is 10.1. The number of aromatic amines is 1. The summed E-state index contributed by atoms with van der Waals surface area (Å²) in [6.45, 7) is 7.75. The highest BCUT2D eigenvalue weighted by atomic mass is 127. The van der Waals surface area contributed by atoms with Crippen LogP contribution in [0, 0.1) is 6.92 Å². The molecule has 0 aliphatic carbocycles. The van der Waals surface area contributed by atoms with Crippen LogP contribution in [0.4, 0.5) is 0 Å². The van der Waals surface area contributed by atoms with Crippen LogP contribution < -0.4 is 10.6 Å². The number of hydrogen-bond donors (Lipinski definition) is 3. The van der Waals surface area contributed by atoms with Crippen molar-refractivity contribution in [1.82, 2.24) is 15.6 Å². The fourth-order valence-corrected chi connectivity index (χ4v) is 2.48. The SMILES string of the molecule is CN=C(NCCc1c[nH]c2c(C)cccc12)NCC(C)(C)OC.I. The van der Waals surface area contributed by atoms with E-state index in [4.69, 9.17) is 4.74 Å². The summed E-state index contributed by atoms with van der Waals surface area (Å²) < 4.78 is 5.41. The van der Waals surface area contributed by atoms with Crippen molar-refractivity contribution in [2.24, 2.45) is 4.99 Å². The molecule has 5 nitrogen and oxygen atoms in total. The Bertz CT molecular complexity index is 679. The number of para-hydroxylation sites is 1. The summed E-state index contributed by atoms with van der Waals surface area (Å²) in [7, 11) is 3.50. The summed E-state index contributed by atoms with van der Waals surface area (Å²) in [5.41, 5.74) is 3.61. The van der Waals surface area contributed by atoms with Gasteiger partial charge in [-0.05, 0) is 38.3 Å². The lowest BCUT2D eigenvalue weighted by Gasteiger charge is -2.24. The van der Waals surface area contributed by atoms with Crippen LogP contribution in [0.15, 0.2) is 29.4 Å². The third-order valence-corrected chi connectivity index (χ3v) is 4.15. The van der Waals surface area contributed by atoms with Crippen molar-refractivity contribution in [3.8, 4) is 0 Å². The van der Waals surface area contributed by atoms with Crippen molar-refractivity contribution in [2.75, 3.05) is 27.2 Å². The second kappa shape index (κ2) is 9.27. The molecule has 2 rings (SSSR count). The van der Waals surface area contributed by atoms with Gasteiger partial charge in [-0.3, -0.25) is 4.99 Å². The van der Waals surface area contributed by atoms with Crippen molar-refractivity contribution in [3.63, 3.8) is 0 Å². The number of H-pyrrole nitrogens is 1. The van der Waals surface area contributed by atoms with Gasteiger partial charge in [-0.2, -0.15) is 0 Å². The van der Waals surface area contributed by atoms with E-state index in [1.807, 2.05) is 13.8 Å². The first-order chi connectivity index (χ1) is 11.0. The molecule has 0 saturated heterocycles. The summed E-state index contributed by atoms with van der Waals surface area (Å²) in [6, 6.07) is 6.41. The molecular formula is C18H29IN4O. The molecule has 0 unspecified atom stereocenters. The van der Waals surface area contributed by atoms with Crippen LogP contribution in [0.25, 0.3) is 10.9 Å². The van der Waals surface area contributed by atoms with Gasteiger partial charge >= 0.3 is 0 Å². The van der Waals surface area contributed by atoms with Gasteiger partial charge in [0.15, 0.2) is 5.96 Å². The molecule has 0 spiro atoms. The molecule has 134 valence electrons. The van der Waals surface area contributed by atoms with Crippen LogP contribution in [0.5, 0.6) is 0 Å². The maximum Gasteiger partial charge on any atom is 0.191 e. The van der Waals surface area contributed by atoms with Crippen molar-refractivity contribution in [3.05, 3.63) is 35.5 Å². The molecule has 6 heteroatoms. The summed E-state index contributed by atoms with van der Waals surface area (Å²) in [6.07, 6.45) is 3.04. The summed E-state index contributed by atoms with van der Waals surface area (Å²) in [4.78, 5) is 7.62. The van der Waals surface area contributed by atoms with Gasteiger partial charge in [0, 0.05) is 44.3 Å². The lowest BCUT2D eigenvalue weighted by molar-refractivity contribution is 0.0268. The van der Waals surface area contributed by atoms with Crippen LogP contribution in [0.1, 0.15) is 25.0 Å². The normalized spacial score (nSPS) is 12.1. The molecule has 3 N–H and O–H groups in total. The minimum atomic E-state index is -0.216. The molecule has 24 heavy (non-hydrogen) atoms. The number of methoxy groups -OCH3 is 1. The molecule has 0 aliphatic heterocycles. The average Bonchev–Trinajstić information content (AvgIpc) is 2.95. The molecule has 0 radical (unpaired) electrons. The van der Waals surface area contributed by atoms with Gasteiger partial charge in [0.05, 0.1) is 5.60 Å². The number of ether oxygens (including phenoxy) is 1. The lowest BCUT2D eigenvalue weighted by Crippen LogP contribution is -2.45. The van der Waals surface area contributed by atoms with Gasteiger partial charge in [-0.25, -0.2) is 0 Å². The number of fused-ring (bicyclic) bond motifs is 1. The number of nitrogens with one attached hydrogen (secondary N) is 3. The van der Waals surface area contributed by atoms with Gasteiger partial charge in [-0.1, -0.05) is 18.2 Å². The first-order valence-corrected chi connectivity index (χ1v) is 8.02. The minimum Gasteiger partial charge on any atom is -0.377 e. The average molecular weight is 444 g/mol. The zero-order valence-electron chi connectivity index (χ0n) is 15.2. The van der Waals surface area contributed by atoms with Gasteiger partial charge in [-0.15, -0.1) is 24.0 Å². The molecule has 0 bridgehead atoms. The maximum atomic E-state index is 5.41. The van der Waals surface area contributed by atoms with Crippen LogP contribution >= 0.6 is 24.0 Å².